The lowest BCUT2D eigenvalue weighted by atomic mass is 9.82. The number of anilines is 1. The van der Waals surface area contributed by atoms with Crippen LogP contribution in [0.15, 0.2) is 15.5 Å². The van der Waals surface area contributed by atoms with Gasteiger partial charge in [0, 0.05) is 26.8 Å². The first-order chi connectivity index (χ1) is 8.52. The van der Waals surface area contributed by atoms with E-state index in [-0.39, 0.29) is 11.0 Å². The van der Waals surface area contributed by atoms with Gasteiger partial charge in [-0.15, -0.1) is 0 Å². The van der Waals surface area contributed by atoms with Crippen LogP contribution in [-0.4, -0.2) is 29.5 Å². The van der Waals surface area contributed by atoms with Crippen molar-refractivity contribution in [2.75, 3.05) is 25.1 Å². The van der Waals surface area contributed by atoms with Gasteiger partial charge >= 0.3 is 0 Å². The molecule has 6 heteroatoms. The van der Waals surface area contributed by atoms with Crippen LogP contribution in [0.2, 0.25) is 0 Å². The second-order valence-electron chi connectivity index (χ2n) is 5.08. The van der Waals surface area contributed by atoms with Crippen molar-refractivity contribution >= 4 is 21.6 Å². The van der Waals surface area contributed by atoms with Gasteiger partial charge in [0.05, 0.1) is 11.9 Å². The zero-order valence-electron chi connectivity index (χ0n) is 10.7. The third-order valence-electron chi connectivity index (χ3n) is 3.48. The van der Waals surface area contributed by atoms with Gasteiger partial charge < -0.3 is 10.1 Å². The van der Waals surface area contributed by atoms with E-state index in [1.165, 1.54) is 4.68 Å². The summed E-state index contributed by atoms with van der Waals surface area (Å²) in [6.07, 6.45) is 3.75. The fourth-order valence-electron chi connectivity index (χ4n) is 1.98. The second kappa shape index (κ2) is 5.40. The van der Waals surface area contributed by atoms with Gasteiger partial charge in [-0.3, -0.25) is 4.79 Å². The SMILES string of the molecule is Cn1ncc(NCC2(C)CCOCC2)c(Br)c1=O. The van der Waals surface area contributed by atoms with Gasteiger partial charge in [-0.25, -0.2) is 4.68 Å². The van der Waals surface area contributed by atoms with Crippen LogP contribution in [0, 0.1) is 5.41 Å². The van der Waals surface area contributed by atoms with Crippen LogP contribution in [0.3, 0.4) is 0 Å². The van der Waals surface area contributed by atoms with E-state index in [1.54, 1.807) is 13.2 Å². The molecule has 18 heavy (non-hydrogen) atoms. The summed E-state index contributed by atoms with van der Waals surface area (Å²) in [5, 5.41) is 7.33. The summed E-state index contributed by atoms with van der Waals surface area (Å²) >= 11 is 3.31. The van der Waals surface area contributed by atoms with Crippen molar-refractivity contribution in [2.24, 2.45) is 12.5 Å². The van der Waals surface area contributed by atoms with Gasteiger partial charge in [0.2, 0.25) is 0 Å². The molecule has 1 aliphatic heterocycles. The summed E-state index contributed by atoms with van der Waals surface area (Å²) < 4.78 is 7.22. The molecule has 0 unspecified atom stereocenters. The highest BCUT2D eigenvalue weighted by molar-refractivity contribution is 9.10. The summed E-state index contributed by atoms with van der Waals surface area (Å²) in [4.78, 5) is 11.7. The Balaban J connectivity index is 2.06. The maximum atomic E-state index is 11.7. The molecule has 1 aromatic rings. The van der Waals surface area contributed by atoms with Gasteiger partial charge in [-0.05, 0) is 34.2 Å². The van der Waals surface area contributed by atoms with Crippen LogP contribution in [0.1, 0.15) is 19.8 Å². The van der Waals surface area contributed by atoms with Crippen LogP contribution in [0.25, 0.3) is 0 Å². The van der Waals surface area contributed by atoms with Crippen LogP contribution < -0.4 is 10.9 Å². The van der Waals surface area contributed by atoms with Gasteiger partial charge in [0.15, 0.2) is 0 Å². The van der Waals surface area contributed by atoms with E-state index < -0.39 is 0 Å². The molecule has 0 bridgehead atoms. The van der Waals surface area contributed by atoms with Crippen molar-refractivity contribution < 1.29 is 4.74 Å². The molecule has 0 radical (unpaired) electrons. The molecule has 1 aromatic heterocycles. The van der Waals surface area contributed by atoms with Gasteiger partial charge in [0.1, 0.15) is 4.47 Å². The Morgan fingerprint density at radius 3 is 2.89 bits per heavy atom. The van der Waals surface area contributed by atoms with E-state index in [2.05, 4.69) is 33.3 Å². The maximum Gasteiger partial charge on any atom is 0.282 e. The first-order valence-electron chi connectivity index (χ1n) is 6.05. The van der Waals surface area contributed by atoms with Crippen molar-refractivity contribution in [1.82, 2.24) is 9.78 Å². The quantitative estimate of drug-likeness (QED) is 0.923. The Kier molecular flexibility index (Phi) is 4.07. The number of aromatic nitrogens is 2. The molecule has 0 amide bonds. The number of hydrogen-bond acceptors (Lipinski definition) is 4. The van der Waals surface area contributed by atoms with Crippen molar-refractivity contribution in [3.8, 4) is 0 Å². The fourth-order valence-corrected chi connectivity index (χ4v) is 2.48. The maximum absolute atomic E-state index is 11.7. The zero-order valence-corrected chi connectivity index (χ0v) is 12.3. The molecule has 100 valence electrons. The molecule has 1 fully saturated rings. The fraction of sp³-hybridized carbons (Fsp3) is 0.667. The van der Waals surface area contributed by atoms with E-state index >= 15 is 0 Å². The molecule has 0 saturated carbocycles. The lowest BCUT2D eigenvalue weighted by Gasteiger charge is -2.33. The average Bonchev–Trinajstić information content (AvgIpc) is 2.36. The van der Waals surface area contributed by atoms with Gasteiger partial charge in [0.25, 0.3) is 5.56 Å². The molecule has 1 N–H and O–H groups in total. The predicted octanol–water partition coefficient (Wildman–Crippen LogP) is 1.77. The minimum absolute atomic E-state index is 0.128. The van der Waals surface area contributed by atoms with Crippen molar-refractivity contribution in [3.63, 3.8) is 0 Å². The lowest BCUT2D eigenvalue weighted by molar-refractivity contribution is 0.0300. The molecule has 2 rings (SSSR count). The third kappa shape index (κ3) is 2.92. The predicted molar refractivity (Wildman–Crippen MR) is 73.8 cm³/mol. The zero-order chi connectivity index (χ0) is 13.2. The first-order valence-corrected chi connectivity index (χ1v) is 6.85. The van der Waals surface area contributed by atoms with Crippen LogP contribution >= 0.6 is 15.9 Å². The molecule has 0 aromatic carbocycles. The largest absolute Gasteiger partial charge is 0.382 e. The Morgan fingerprint density at radius 2 is 2.22 bits per heavy atom. The highest BCUT2D eigenvalue weighted by atomic mass is 79.9. The Bertz CT molecular complexity index is 481. The van der Waals surface area contributed by atoms with E-state index in [1.807, 2.05) is 0 Å². The Labute approximate surface area is 115 Å². The number of nitrogens with zero attached hydrogens (tertiary/aromatic N) is 2. The van der Waals surface area contributed by atoms with E-state index in [0.717, 1.165) is 38.3 Å². The molecule has 1 saturated heterocycles. The van der Waals surface area contributed by atoms with E-state index in [4.69, 9.17) is 4.74 Å². The summed E-state index contributed by atoms with van der Waals surface area (Å²) in [5.41, 5.74) is 0.849. The Hall–Kier alpha value is -0.880. The number of rotatable bonds is 3. The highest BCUT2D eigenvalue weighted by Crippen LogP contribution is 2.30. The van der Waals surface area contributed by atoms with Crippen molar-refractivity contribution in [1.29, 1.82) is 0 Å². The molecule has 2 heterocycles. The third-order valence-corrected chi connectivity index (χ3v) is 4.25. The number of nitrogens with one attached hydrogen (secondary N) is 1. The van der Waals surface area contributed by atoms with Crippen LogP contribution in [-0.2, 0) is 11.8 Å². The summed E-state index contributed by atoms with van der Waals surface area (Å²) in [7, 11) is 1.64. The van der Waals surface area contributed by atoms with Crippen LogP contribution in [0.4, 0.5) is 5.69 Å². The first kappa shape index (κ1) is 13.5. The topological polar surface area (TPSA) is 56.1 Å². The second-order valence-corrected chi connectivity index (χ2v) is 5.87. The standard InChI is InChI=1S/C12H18BrN3O2/c1-12(3-5-18-6-4-12)8-14-9-7-15-16(2)11(17)10(9)13/h7,14H,3-6,8H2,1-2H3. The smallest absolute Gasteiger partial charge is 0.282 e. The summed E-state index contributed by atoms with van der Waals surface area (Å²) in [6, 6.07) is 0. The highest BCUT2D eigenvalue weighted by Gasteiger charge is 2.27. The van der Waals surface area contributed by atoms with Gasteiger partial charge in [-0.1, -0.05) is 6.92 Å². The molecular weight excluding hydrogens is 298 g/mol. The van der Waals surface area contributed by atoms with Crippen molar-refractivity contribution in [3.05, 3.63) is 21.0 Å². The Morgan fingerprint density at radius 1 is 1.56 bits per heavy atom. The summed E-state index contributed by atoms with van der Waals surface area (Å²) in [6.45, 7) is 4.69. The minimum Gasteiger partial charge on any atom is -0.382 e. The minimum atomic E-state index is -0.128. The number of halogens is 1. The molecule has 5 nitrogen and oxygen atoms in total. The number of ether oxygens (including phenoxy) is 1. The average molecular weight is 316 g/mol. The number of hydrogen-bond donors (Lipinski definition) is 1. The van der Waals surface area contributed by atoms with E-state index in [0.29, 0.717) is 4.47 Å². The van der Waals surface area contributed by atoms with E-state index in [9.17, 15) is 4.79 Å². The normalized spacial score (nSPS) is 18.6. The van der Waals surface area contributed by atoms with Crippen LogP contribution in [0.5, 0.6) is 0 Å². The van der Waals surface area contributed by atoms with Crippen molar-refractivity contribution in [2.45, 2.75) is 19.8 Å². The molecular formula is C12H18BrN3O2. The lowest BCUT2D eigenvalue weighted by Crippen LogP contribution is -2.33. The summed E-state index contributed by atoms with van der Waals surface area (Å²) in [5.74, 6) is 0. The molecule has 0 atom stereocenters. The molecule has 0 aliphatic carbocycles. The van der Waals surface area contributed by atoms with Gasteiger partial charge in [-0.2, -0.15) is 5.10 Å². The number of aryl methyl sites for hydroxylation is 1. The monoisotopic (exact) mass is 315 g/mol. The molecule has 1 aliphatic rings. The molecule has 0 spiro atoms.